The lowest BCUT2D eigenvalue weighted by Gasteiger charge is -2.12. The zero-order chi connectivity index (χ0) is 28.5. The Hall–Kier alpha value is -4.33. The summed E-state index contributed by atoms with van der Waals surface area (Å²) in [6.45, 7) is 3.97. The van der Waals surface area contributed by atoms with Crippen molar-refractivity contribution in [2.24, 2.45) is 0 Å². The first-order chi connectivity index (χ1) is 19.3. The molecule has 0 unspecified atom stereocenters. The zero-order valence-corrected chi connectivity index (χ0v) is 23.6. The minimum absolute atomic E-state index is 0.0574. The Morgan fingerprint density at radius 3 is 2.35 bits per heavy atom. The van der Waals surface area contributed by atoms with Crippen LogP contribution in [0.25, 0.3) is 6.08 Å². The fourth-order valence-corrected chi connectivity index (χ4v) is 4.81. The fraction of sp³-hybridized carbons (Fsp3) is 0.0938. The first-order valence-corrected chi connectivity index (χ1v) is 13.9. The van der Waals surface area contributed by atoms with Crippen molar-refractivity contribution in [3.63, 3.8) is 0 Å². The van der Waals surface area contributed by atoms with Gasteiger partial charge < -0.3 is 16.0 Å². The standard InChI is InChI=1S/C32H28ClN3O3S/c1-21-14-15-28(22(2)16-21)35-30(37)20-40-27-13-7-12-26(19-27)34-32(39)29(18-23-8-6-11-25(33)17-23)36-31(38)24-9-4-3-5-10-24/h3-19H,20H2,1-2H3,(H,34,39)(H,35,37)(H,36,38)/b29-18-. The maximum atomic E-state index is 13.3. The van der Waals surface area contributed by atoms with Gasteiger partial charge in [-0.25, -0.2) is 0 Å². The highest BCUT2D eigenvalue weighted by atomic mass is 35.5. The molecule has 4 rings (SSSR count). The average molecular weight is 570 g/mol. The van der Waals surface area contributed by atoms with E-state index in [4.69, 9.17) is 11.6 Å². The van der Waals surface area contributed by atoms with E-state index in [0.717, 1.165) is 21.7 Å². The van der Waals surface area contributed by atoms with Gasteiger partial charge in [-0.3, -0.25) is 14.4 Å². The van der Waals surface area contributed by atoms with Crippen molar-refractivity contribution in [2.45, 2.75) is 18.7 Å². The molecule has 0 heterocycles. The van der Waals surface area contributed by atoms with Gasteiger partial charge in [0, 0.05) is 26.9 Å². The highest BCUT2D eigenvalue weighted by molar-refractivity contribution is 8.00. The molecule has 0 saturated heterocycles. The molecule has 202 valence electrons. The molecule has 0 spiro atoms. The quantitative estimate of drug-likeness (QED) is 0.148. The first kappa shape index (κ1) is 28.7. The van der Waals surface area contributed by atoms with Crippen molar-refractivity contribution in [1.29, 1.82) is 0 Å². The lowest BCUT2D eigenvalue weighted by Crippen LogP contribution is -2.30. The summed E-state index contributed by atoms with van der Waals surface area (Å²) < 4.78 is 0. The van der Waals surface area contributed by atoms with Crippen molar-refractivity contribution in [3.05, 3.63) is 130 Å². The van der Waals surface area contributed by atoms with Crippen LogP contribution in [-0.4, -0.2) is 23.5 Å². The fourth-order valence-electron chi connectivity index (χ4n) is 3.86. The van der Waals surface area contributed by atoms with E-state index in [1.54, 1.807) is 72.8 Å². The third kappa shape index (κ3) is 8.33. The van der Waals surface area contributed by atoms with E-state index in [1.165, 1.54) is 11.8 Å². The van der Waals surface area contributed by atoms with Gasteiger partial charge >= 0.3 is 0 Å². The Kier molecular flexibility index (Phi) is 9.78. The molecular formula is C32H28ClN3O3S. The van der Waals surface area contributed by atoms with Crippen LogP contribution < -0.4 is 16.0 Å². The second-order valence-corrected chi connectivity index (χ2v) is 10.6. The van der Waals surface area contributed by atoms with E-state index in [2.05, 4.69) is 16.0 Å². The molecule has 0 bridgehead atoms. The van der Waals surface area contributed by atoms with Crippen LogP contribution in [0.3, 0.4) is 0 Å². The van der Waals surface area contributed by atoms with Crippen LogP contribution in [0.2, 0.25) is 5.02 Å². The van der Waals surface area contributed by atoms with Gasteiger partial charge in [0.05, 0.1) is 5.75 Å². The molecule has 3 amide bonds. The van der Waals surface area contributed by atoms with Gasteiger partial charge in [0.2, 0.25) is 5.91 Å². The molecule has 3 N–H and O–H groups in total. The number of benzene rings is 4. The molecule has 0 aromatic heterocycles. The predicted molar refractivity (Wildman–Crippen MR) is 164 cm³/mol. The first-order valence-electron chi connectivity index (χ1n) is 12.5. The van der Waals surface area contributed by atoms with Crippen molar-refractivity contribution in [3.8, 4) is 0 Å². The van der Waals surface area contributed by atoms with Gasteiger partial charge in [0.25, 0.3) is 11.8 Å². The van der Waals surface area contributed by atoms with Crippen molar-refractivity contribution < 1.29 is 14.4 Å². The molecule has 0 fully saturated rings. The number of aryl methyl sites for hydroxylation is 2. The van der Waals surface area contributed by atoms with Crippen LogP contribution in [-0.2, 0) is 9.59 Å². The number of hydrogen-bond acceptors (Lipinski definition) is 4. The molecule has 0 aliphatic carbocycles. The molecular weight excluding hydrogens is 542 g/mol. The number of amides is 3. The SMILES string of the molecule is Cc1ccc(NC(=O)CSc2cccc(NC(=O)/C(=C/c3cccc(Cl)c3)NC(=O)c3ccccc3)c2)c(C)c1. The zero-order valence-electron chi connectivity index (χ0n) is 22.0. The molecule has 0 saturated carbocycles. The number of carbonyl (C=O) groups is 3. The van der Waals surface area contributed by atoms with E-state index in [0.29, 0.717) is 21.8 Å². The lowest BCUT2D eigenvalue weighted by molar-refractivity contribution is -0.114. The van der Waals surface area contributed by atoms with E-state index in [9.17, 15) is 14.4 Å². The molecule has 40 heavy (non-hydrogen) atoms. The normalized spacial score (nSPS) is 11.0. The number of anilines is 2. The van der Waals surface area contributed by atoms with Crippen LogP contribution >= 0.6 is 23.4 Å². The maximum Gasteiger partial charge on any atom is 0.272 e. The van der Waals surface area contributed by atoms with E-state index in [-0.39, 0.29) is 17.4 Å². The number of rotatable bonds is 9. The van der Waals surface area contributed by atoms with E-state index < -0.39 is 11.8 Å². The highest BCUT2D eigenvalue weighted by Gasteiger charge is 2.16. The van der Waals surface area contributed by atoms with Crippen molar-refractivity contribution in [2.75, 3.05) is 16.4 Å². The van der Waals surface area contributed by atoms with Crippen LogP contribution in [0.1, 0.15) is 27.0 Å². The summed E-state index contributed by atoms with van der Waals surface area (Å²) in [6, 6.07) is 28.7. The molecule has 6 nitrogen and oxygen atoms in total. The lowest BCUT2D eigenvalue weighted by atomic mass is 10.1. The van der Waals surface area contributed by atoms with E-state index >= 15 is 0 Å². The minimum Gasteiger partial charge on any atom is -0.325 e. The Balaban J connectivity index is 1.45. The third-order valence-corrected chi connectivity index (χ3v) is 7.04. The molecule has 0 atom stereocenters. The van der Waals surface area contributed by atoms with Crippen molar-refractivity contribution >= 4 is 58.5 Å². The number of hydrogen-bond donors (Lipinski definition) is 3. The van der Waals surface area contributed by atoms with Crippen LogP contribution in [0.4, 0.5) is 11.4 Å². The number of nitrogens with one attached hydrogen (secondary N) is 3. The summed E-state index contributed by atoms with van der Waals surface area (Å²) in [6.07, 6.45) is 1.57. The number of thioether (sulfide) groups is 1. The average Bonchev–Trinajstić information content (AvgIpc) is 2.94. The minimum atomic E-state index is -0.501. The number of carbonyl (C=O) groups excluding carboxylic acids is 3. The Labute approximate surface area is 242 Å². The summed E-state index contributed by atoms with van der Waals surface area (Å²) in [5.74, 6) is -0.832. The summed E-state index contributed by atoms with van der Waals surface area (Å²) in [4.78, 5) is 39.5. The van der Waals surface area contributed by atoms with Gasteiger partial charge in [-0.05, 0) is 79.6 Å². The Morgan fingerprint density at radius 1 is 0.825 bits per heavy atom. The van der Waals surface area contributed by atoms with E-state index in [1.807, 2.05) is 44.2 Å². The van der Waals surface area contributed by atoms with Gasteiger partial charge in [-0.1, -0.05) is 65.7 Å². The van der Waals surface area contributed by atoms with Gasteiger partial charge in [-0.15, -0.1) is 11.8 Å². The highest BCUT2D eigenvalue weighted by Crippen LogP contribution is 2.23. The summed E-state index contributed by atoms with van der Waals surface area (Å²) in [5, 5.41) is 9.01. The van der Waals surface area contributed by atoms with Crippen LogP contribution in [0, 0.1) is 13.8 Å². The second-order valence-electron chi connectivity index (χ2n) is 9.07. The molecule has 4 aromatic carbocycles. The molecule has 8 heteroatoms. The Morgan fingerprint density at radius 2 is 1.60 bits per heavy atom. The number of halogens is 1. The molecule has 4 aromatic rings. The van der Waals surface area contributed by atoms with Crippen LogP contribution in [0.15, 0.2) is 108 Å². The summed E-state index contributed by atoms with van der Waals surface area (Å²) in [5.41, 5.74) is 4.58. The van der Waals surface area contributed by atoms with Gasteiger partial charge in [0.15, 0.2) is 0 Å². The summed E-state index contributed by atoms with van der Waals surface area (Å²) in [7, 11) is 0. The molecule has 0 aliphatic rings. The topological polar surface area (TPSA) is 87.3 Å². The maximum absolute atomic E-state index is 13.3. The smallest absolute Gasteiger partial charge is 0.272 e. The van der Waals surface area contributed by atoms with Gasteiger partial charge in [0.1, 0.15) is 5.70 Å². The monoisotopic (exact) mass is 569 g/mol. The molecule has 0 radical (unpaired) electrons. The Bertz CT molecular complexity index is 1570. The predicted octanol–water partition coefficient (Wildman–Crippen LogP) is 7.10. The third-order valence-electron chi connectivity index (χ3n) is 5.81. The molecule has 0 aliphatic heterocycles. The summed E-state index contributed by atoms with van der Waals surface area (Å²) >= 11 is 7.48. The largest absolute Gasteiger partial charge is 0.325 e. The van der Waals surface area contributed by atoms with Crippen LogP contribution in [0.5, 0.6) is 0 Å². The van der Waals surface area contributed by atoms with Crippen molar-refractivity contribution in [1.82, 2.24) is 5.32 Å². The van der Waals surface area contributed by atoms with Gasteiger partial charge in [-0.2, -0.15) is 0 Å². The second kappa shape index (κ2) is 13.6.